The van der Waals surface area contributed by atoms with Gasteiger partial charge in [0.2, 0.25) is 5.92 Å². The van der Waals surface area contributed by atoms with Crippen LogP contribution >= 0.6 is 11.6 Å². The van der Waals surface area contributed by atoms with E-state index >= 15 is 0 Å². The molecule has 5 aromatic rings. The van der Waals surface area contributed by atoms with Crippen molar-refractivity contribution in [3.8, 4) is 22.8 Å². The van der Waals surface area contributed by atoms with Crippen LogP contribution in [0.5, 0.6) is 11.5 Å². The van der Waals surface area contributed by atoms with Crippen LogP contribution in [0.3, 0.4) is 0 Å². The number of alkyl halides is 2. The second-order valence-corrected chi connectivity index (χ2v) is 18.6. The smallest absolute Gasteiger partial charge is 0.248 e. The minimum Gasteiger partial charge on any atom is -0.456 e. The fourth-order valence-electron chi connectivity index (χ4n) is 5.39. The number of aryl methyl sites for hydroxylation is 1. The molecule has 6 rings (SSSR count). The summed E-state index contributed by atoms with van der Waals surface area (Å²) in [5.41, 5.74) is 5.13. The van der Waals surface area contributed by atoms with E-state index in [2.05, 4.69) is 34.7 Å². The Morgan fingerprint density at radius 1 is 1.05 bits per heavy atom. The van der Waals surface area contributed by atoms with Crippen LogP contribution in [0.15, 0.2) is 42.7 Å². The first-order valence-corrected chi connectivity index (χ1v) is 18.5. The Balaban J connectivity index is 1.23. The molecule has 0 bridgehead atoms. The summed E-state index contributed by atoms with van der Waals surface area (Å²) < 4.78 is 42.7. The number of halogens is 3. The van der Waals surface area contributed by atoms with Gasteiger partial charge in [0.25, 0.3) is 0 Å². The highest BCUT2D eigenvalue weighted by atomic mass is 35.5. The highest BCUT2D eigenvalue weighted by Gasteiger charge is 2.45. The van der Waals surface area contributed by atoms with Gasteiger partial charge in [0.05, 0.1) is 34.6 Å². The molecule has 1 saturated carbocycles. The van der Waals surface area contributed by atoms with Gasteiger partial charge in [-0.1, -0.05) is 31.2 Å². The lowest BCUT2D eigenvalue weighted by atomic mass is 9.81. The predicted molar refractivity (Wildman–Crippen MR) is 167 cm³/mol. The van der Waals surface area contributed by atoms with E-state index in [1.807, 2.05) is 42.7 Å². The summed E-state index contributed by atoms with van der Waals surface area (Å²) in [4.78, 5) is 14.1. The van der Waals surface area contributed by atoms with E-state index in [4.69, 9.17) is 26.1 Å². The largest absolute Gasteiger partial charge is 0.456 e. The molecule has 0 atom stereocenters. The van der Waals surface area contributed by atoms with E-state index in [-0.39, 0.29) is 18.8 Å². The van der Waals surface area contributed by atoms with Gasteiger partial charge in [0.15, 0.2) is 0 Å². The van der Waals surface area contributed by atoms with Crippen LogP contribution in [0.4, 0.5) is 8.78 Å². The average Bonchev–Trinajstić information content (AvgIpc) is 3.44. The first-order chi connectivity index (χ1) is 20.4. The third-order valence-electron chi connectivity index (χ3n) is 7.96. The number of imidazole rings is 1. The van der Waals surface area contributed by atoms with Gasteiger partial charge in [0.1, 0.15) is 34.6 Å². The van der Waals surface area contributed by atoms with E-state index in [1.165, 1.54) is 0 Å². The molecule has 0 saturated heterocycles. The standard InChI is InChI=1S/C31H35ClF2N6O2Si/c1-19-23(15-36-40(19)17-21-13-31(33,34)14-21)26-16-35-25-8-9-28(29(32)30(25)38-26)42-22-6-7-24-27(12-22)39(20(2)37-24)18-41-10-11-43(3,4)5/h6-9,12,15-16,21H,10-11,13-14,17-18H2,1-5H3. The molecule has 226 valence electrons. The number of benzene rings is 2. The maximum atomic E-state index is 13.3. The highest BCUT2D eigenvalue weighted by molar-refractivity contribution is 6.76. The van der Waals surface area contributed by atoms with Crippen molar-refractivity contribution in [2.24, 2.45) is 5.92 Å². The Labute approximate surface area is 255 Å². The molecule has 43 heavy (non-hydrogen) atoms. The minimum absolute atomic E-state index is 0.0810. The molecular formula is C31H35ClF2N6O2Si. The lowest BCUT2D eigenvalue weighted by Crippen LogP contribution is -2.38. The number of hydrogen-bond acceptors (Lipinski definition) is 6. The normalized spacial score (nSPS) is 15.3. The molecule has 8 nitrogen and oxygen atoms in total. The fraction of sp³-hybridized carbons (Fsp3) is 0.419. The van der Waals surface area contributed by atoms with Gasteiger partial charge in [-0.3, -0.25) is 9.67 Å². The second kappa shape index (κ2) is 11.3. The van der Waals surface area contributed by atoms with E-state index in [0.717, 1.165) is 40.8 Å². The topological polar surface area (TPSA) is 79.9 Å². The molecule has 0 N–H and O–H groups in total. The zero-order valence-corrected chi connectivity index (χ0v) is 26.8. The number of ether oxygens (including phenoxy) is 2. The van der Waals surface area contributed by atoms with Gasteiger partial charge >= 0.3 is 0 Å². The van der Waals surface area contributed by atoms with Crippen molar-refractivity contribution < 1.29 is 18.3 Å². The molecule has 1 aliphatic carbocycles. The number of hydrogen-bond donors (Lipinski definition) is 0. The number of rotatable bonds is 10. The molecule has 0 amide bonds. The van der Waals surface area contributed by atoms with Crippen molar-refractivity contribution in [3.05, 3.63) is 59.3 Å². The highest BCUT2D eigenvalue weighted by Crippen LogP contribution is 2.43. The number of nitrogens with zero attached hydrogens (tertiary/aromatic N) is 6. The van der Waals surface area contributed by atoms with Gasteiger partial charge in [-0.25, -0.2) is 18.7 Å². The van der Waals surface area contributed by atoms with Crippen molar-refractivity contribution in [2.45, 2.75) is 71.6 Å². The summed E-state index contributed by atoms with van der Waals surface area (Å²) >= 11 is 6.84. The van der Waals surface area contributed by atoms with Crippen LogP contribution in [0.25, 0.3) is 33.3 Å². The molecule has 2 aromatic carbocycles. The average molecular weight is 625 g/mol. The minimum atomic E-state index is -2.55. The van der Waals surface area contributed by atoms with E-state index in [9.17, 15) is 8.78 Å². The molecule has 0 spiro atoms. The van der Waals surface area contributed by atoms with Crippen LogP contribution in [0.1, 0.15) is 24.4 Å². The quantitative estimate of drug-likeness (QED) is 0.115. The number of aromatic nitrogens is 6. The number of fused-ring (bicyclic) bond motifs is 2. The van der Waals surface area contributed by atoms with Crippen molar-refractivity contribution in [3.63, 3.8) is 0 Å². The van der Waals surface area contributed by atoms with Crippen LogP contribution < -0.4 is 4.74 Å². The third kappa shape index (κ3) is 6.29. The zero-order valence-electron chi connectivity index (χ0n) is 25.0. The van der Waals surface area contributed by atoms with Gasteiger partial charge < -0.3 is 14.0 Å². The Bertz CT molecular complexity index is 1810. The SMILES string of the molecule is Cc1c(-c2cnc3ccc(Oc4ccc5nc(C)n(COCC[Si](C)(C)C)c5c4)c(Cl)c3n2)cnn1CC1CC(F)(F)C1. The Hall–Kier alpha value is -3.41. The predicted octanol–water partition coefficient (Wildman–Crippen LogP) is 8.26. The Morgan fingerprint density at radius 3 is 2.56 bits per heavy atom. The van der Waals surface area contributed by atoms with Crippen molar-refractivity contribution in [1.82, 2.24) is 29.3 Å². The Kier molecular flexibility index (Phi) is 7.76. The van der Waals surface area contributed by atoms with Crippen LogP contribution in [0.2, 0.25) is 30.7 Å². The van der Waals surface area contributed by atoms with E-state index < -0.39 is 14.0 Å². The van der Waals surface area contributed by atoms with Crippen molar-refractivity contribution in [2.75, 3.05) is 6.61 Å². The third-order valence-corrected chi connectivity index (χ3v) is 10.0. The zero-order chi connectivity index (χ0) is 30.5. The summed E-state index contributed by atoms with van der Waals surface area (Å²) in [5, 5.41) is 4.78. The summed E-state index contributed by atoms with van der Waals surface area (Å²) in [6.45, 7) is 12.5. The monoisotopic (exact) mass is 624 g/mol. The molecule has 1 fully saturated rings. The molecule has 0 unspecified atom stereocenters. The lowest BCUT2D eigenvalue weighted by Gasteiger charge is -2.34. The summed E-state index contributed by atoms with van der Waals surface area (Å²) in [6, 6.07) is 10.4. The summed E-state index contributed by atoms with van der Waals surface area (Å²) in [6.07, 6.45) is 3.17. The molecule has 12 heteroatoms. The molecule has 0 radical (unpaired) electrons. The lowest BCUT2D eigenvalue weighted by molar-refractivity contribution is -0.114. The van der Waals surface area contributed by atoms with Gasteiger partial charge in [-0.2, -0.15) is 5.10 Å². The first kappa shape index (κ1) is 29.6. The van der Waals surface area contributed by atoms with Crippen molar-refractivity contribution in [1.29, 1.82) is 0 Å². The van der Waals surface area contributed by atoms with E-state index in [0.29, 0.717) is 46.5 Å². The summed E-state index contributed by atoms with van der Waals surface area (Å²) in [5.74, 6) is -0.701. The van der Waals surface area contributed by atoms with Crippen LogP contribution in [-0.4, -0.2) is 49.9 Å². The summed E-state index contributed by atoms with van der Waals surface area (Å²) in [7, 11) is -1.18. The fourth-order valence-corrected chi connectivity index (χ4v) is 6.38. The molecule has 1 aliphatic rings. The van der Waals surface area contributed by atoms with Crippen LogP contribution in [0, 0.1) is 19.8 Å². The van der Waals surface area contributed by atoms with Crippen molar-refractivity contribution >= 4 is 41.7 Å². The van der Waals surface area contributed by atoms with Gasteiger partial charge in [-0.15, -0.1) is 0 Å². The van der Waals surface area contributed by atoms with E-state index in [1.54, 1.807) is 23.1 Å². The second-order valence-electron chi connectivity index (χ2n) is 12.6. The maximum absolute atomic E-state index is 13.3. The Morgan fingerprint density at radius 2 is 1.81 bits per heavy atom. The molecule has 3 heterocycles. The molecule has 0 aliphatic heterocycles. The van der Waals surface area contributed by atoms with Gasteiger partial charge in [-0.05, 0) is 50.1 Å². The molecule has 3 aromatic heterocycles. The van der Waals surface area contributed by atoms with Gasteiger partial charge in [0, 0.05) is 51.4 Å². The molecular weight excluding hydrogens is 590 g/mol. The van der Waals surface area contributed by atoms with Crippen LogP contribution in [-0.2, 0) is 18.0 Å². The first-order valence-electron chi connectivity index (χ1n) is 14.5. The maximum Gasteiger partial charge on any atom is 0.248 e.